The molecule has 6 heteroatoms. The lowest BCUT2D eigenvalue weighted by Crippen LogP contribution is -2.27. The molecule has 1 aromatic carbocycles. The van der Waals surface area contributed by atoms with Gasteiger partial charge in [-0.25, -0.2) is 0 Å². The first kappa shape index (κ1) is 13.5. The minimum absolute atomic E-state index is 0.0482. The van der Waals surface area contributed by atoms with Crippen LogP contribution in [0.25, 0.3) is 0 Å². The first-order chi connectivity index (χ1) is 9.63. The number of amides is 1. The number of para-hydroxylation sites is 1. The molecule has 20 heavy (non-hydrogen) atoms. The van der Waals surface area contributed by atoms with Gasteiger partial charge in [0.25, 0.3) is 5.91 Å². The first-order valence-corrected chi connectivity index (χ1v) is 5.90. The second kappa shape index (κ2) is 5.83. The summed E-state index contributed by atoms with van der Waals surface area (Å²) >= 11 is 0. The van der Waals surface area contributed by atoms with Crippen LogP contribution in [0, 0.1) is 0 Å². The number of nitrogens with two attached hydrogens (primary N) is 1. The zero-order chi connectivity index (χ0) is 14.5. The maximum Gasteiger partial charge on any atom is 0.276 e. The Labute approximate surface area is 116 Å². The molecular weight excluding hydrogens is 256 g/mol. The fraction of sp³-hybridized carbons (Fsp3) is 0.0714. The number of oxime groups is 1. The van der Waals surface area contributed by atoms with Crippen LogP contribution in [-0.4, -0.2) is 29.0 Å². The van der Waals surface area contributed by atoms with E-state index in [1.165, 1.54) is 17.2 Å². The molecule has 0 unspecified atom stereocenters. The molecule has 0 radical (unpaired) electrons. The smallest absolute Gasteiger partial charge is 0.276 e. The lowest BCUT2D eigenvalue weighted by Gasteiger charge is -2.16. The highest BCUT2D eigenvalue weighted by atomic mass is 16.4. The Morgan fingerprint density at radius 3 is 2.50 bits per heavy atom. The van der Waals surface area contributed by atoms with Crippen LogP contribution in [0.3, 0.4) is 0 Å². The summed E-state index contributed by atoms with van der Waals surface area (Å²) in [5, 5.41) is 11.4. The molecule has 0 atom stereocenters. The van der Waals surface area contributed by atoms with Gasteiger partial charge in [0.2, 0.25) is 0 Å². The maximum atomic E-state index is 12.2. The predicted octanol–water partition coefficient (Wildman–Crippen LogP) is 1.45. The quantitative estimate of drug-likeness (QED) is 0.382. The number of hydrogen-bond acceptors (Lipinski definition) is 4. The Morgan fingerprint density at radius 1 is 1.25 bits per heavy atom. The average molecular weight is 270 g/mol. The van der Waals surface area contributed by atoms with Gasteiger partial charge >= 0.3 is 0 Å². The summed E-state index contributed by atoms with van der Waals surface area (Å²) in [7, 11) is 1.68. The highest BCUT2D eigenvalue weighted by Crippen LogP contribution is 2.14. The molecule has 1 heterocycles. The van der Waals surface area contributed by atoms with Gasteiger partial charge in [-0.2, -0.15) is 0 Å². The third kappa shape index (κ3) is 2.74. The Balaban J connectivity index is 2.21. The standard InChI is InChI=1S/C14H14N4O2/c1-18(11-5-3-2-4-6-11)14(19)12-8-7-10(9-16-12)13(15)17-20/h2-9,20H,1H3,(H2,15,17). The Morgan fingerprint density at radius 2 is 1.95 bits per heavy atom. The zero-order valence-electron chi connectivity index (χ0n) is 10.9. The Kier molecular flexibility index (Phi) is 3.95. The van der Waals surface area contributed by atoms with E-state index in [9.17, 15) is 4.79 Å². The molecule has 0 saturated heterocycles. The van der Waals surface area contributed by atoms with Gasteiger partial charge in [0, 0.05) is 24.5 Å². The van der Waals surface area contributed by atoms with Crippen LogP contribution in [0.1, 0.15) is 16.1 Å². The molecule has 2 aromatic rings. The van der Waals surface area contributed by atoms with E-state index in [-0.39, 0.29) is 17.4 Å². The largest absolute Gasteiger partial charge is 0.409 e. The summed E-state index contributed by atoms with van der Waals surface area (Å²) in [5.41, 5.74) is 6.95. The third-order valence-corrected chi connectivity index (χ3v) is 2.83. The first-order valence-electron chi connectivity index (χ1n) is 5.90. The summed E-state index contributed by atoms with van der Waals surface area (Å²) in [4.78, 5) is 17.8. The van der Waals surface area contributed by atoms with Gasteiger partial charge in [0.1, 0.15) is 5.69 Å². The molecule has 0 aliphatic rings. The number of rotatable bonds is 3. The van der Waals surface area contributed by atoms with Crippen molar-refractivity contribution in [1.29, 1.82) is 0 Å². The van der Waals surface area contributed by atoms with Crippen molar-refractivity contribution in [3.63, 3.8) is 0 Å². The summed E-state index contributed by atoms with van der Waals surface area (Å²) in [5.74, 6) is -0.282. The number of aromatic nitrogens is 1. The lowest BCUT2D eigenvalue weighted by molar-refractivity contribution is 0.0988. The van der Waals surface area contributed by atoms with Crippen LogP contribution < -0.4 is 10.6 Å². The molecule has 0 bridgehead atoms. The molecule has 1 aromatic heterocycles. The Hall–Kier alpha value is -2.89. The number of anilines is 1. The van der Waals surface area contributed by atoms with E-state index in [4.69, 9.17) is 10.9 Å². The molecule has 2 rings (SSSR count). The van der Waals surface area contributed by atoms with Crippen LogP contribution >= 0.6 is 0 Å². The predicted molar refractivity (Wildman–Crippen MR) is 75.9 cm³/mol. The second-order valence-corrected chi connectivity index (χ2v) is 4.12. The van der Waals surface area contributed by atoms with Crippen molar-refractivity contribution in [3.05, 3.63) is 59.9 Å². The number of carbonyl (C=O) groups excluding carboxylic acids is 1. The van der Waals surface area contributed by atoms with Crippen molar-refractivity contribution in [1.82, 2.24) is 4.98 Å². The molecule has 0 aliphatic carbocycles. The van der Waals surface area contributed by atoms with Crippen LogP contribution in [-0.2, 0) is 0 Å². The normalized spacial score (nSPS) is 11.2. The molecule has 102 valence electrons. The number of carbonyl (C=O) groups is 1. The van der Waals surface area contributed by atoms with E-state index < -0.39 is 0 Å². The van der Waals surface area contributed by atoms with E-state index >= 15 is 0 Å². The minimum atomic E-state index is -0.234. The van der Waals surface area contributed by atoms with E-state index in [0.717, 1.165) is 5.69 Å². The average Bonchev–Trinajstić information content (AvgIpc) is 2.53. The molecular formula is C14H14N4O2. The summed E-state index contributed by atoms with van der Waals surface area (Å²) in [6.07, 6.45) is 1.39. The molecule has 0 aliphatic heterocycles. The SMILES string of the molecule is CN(C(=O)c1ccc(C(N)=NO)cn1)c1ccccc1. The van der Waals surface area contributed by atoms with Gasteiger partial charge in [-0.05, 0) is 24.3 Å². The molecule has 0 spiro atoms. The highest BCUT2D eigenvalue weighted by molar-refractivity contribution is 6.05. The van der Waals surface area contributed by atoms with E-state index in [1.807, 2.05) is 30.3 Å². The van der Waals surface area contributed by atoms with E-state index in [0.29, 0.717) is 5.56 Å². The molecule has 3 N–H and O–H groups in total. The van der Waals surface area contributed by atoms with Crippen molar-refractivity contribution in [2.24, 2.45) is 10.9 Å². The van der Waals surface area contributed by atoms with Crippen LogP contribution in [0.4, 0.5) is 5.69 Å². The van der Waals surface area contributed by atoms with Crippen molar-refractivity contribution in [3.8, 4) is 0 Å². The lowest BCUT2D eigenvalue weighted by atomic mass is 10.2. The number of pyridine rings is 1. The monoisotopic (exact) mass is 270 g/mol. The van der Waals surface area contributed by atoms with Crippen molar-refractivity contribution in [2.75, 3.05) is 11.9 Å². The van der Waals surface area contributed by atoms with Crippen LogP contribution in [0.5, 0.6) is 0 Å². The van der Waals surface area contributed by atoms with E-state index in [2.05, 4.69) is 10.1 Å². The van der Waals surface area contributed by atoms with Gasteiger partial charge in [0.15, 0.2) is 5.84 Å². The molecule has 1 amide bonds. The summed E-state index contributed by atoms with van der Waals surface area (Å²) in [6.45, 7) is 0. The number of benzene rings is 1. The maximum absolute atomic E-state index is 12.2. The molecule has 0 saturated carbocycles. The van der Waals surface area contributed by atoms with Crippen molar-refractivity contribution < 1.29 is 10.0 Å². The van der Waals surface area contributed by atoms with Gasteiger partial charge in [-0.1, -0.05) is 23.4 Å². The number of hydrogen-bond donors (Lipinski definition) is 2. The fourth-order valence-corrected chi connectivity index (χ4v) is 1.67. The van der Waals surface area contributed by atoms with Gasteiger partial charge < -0.3 is 15.8 Å². The van der Waals surface area contributed by atoms with Gasteiger partial charge in [0.05, 0.1) is 0 Å². The van der Waals surface area contributed by atoms with Crippen LogP contribution in [0.2, 0.25) is 0 Å². The minimum Gasteiger partial charge on any atom is -0.409 e. The highest BCUT2D eigenvalue weighted by Gasteiger charge is 2.14. The fourth-order valence-electron chi connectivity index (χ4n) is 1.67. The second-order valence-electron chi connectivity index (χ2n) is 4.12. The third-order valence-electron chi connectivity index (χ3n) is 2.83. The van der Waals surface area contributed by atoms with Gasteiger partial charge in [-0.3, -0.25) is 9.78 Å². The van der Waals surface area contributed by atoms with E-state index in [1.54, 1.807) is 13.1 Å². The van der Waals surface area contributed by atoms with Crippen molar-refractivity contribution in [2.45, 2.75) is 0 Å². The number of amidine groups is 1. The van der Waals surface area contributed by atoms with Crippen LogP contribution in [0.15, 0.2) is 53.8 Å². The summed E-state index contributed by atoms with van der Waals surface area (Å²) in [6, 6.07) is 12.4. The Bertz CT molecular complexity index is 623. The number of nitrogens with zero attached hydrogens (tertiary/aromatic N) is 3. The molecule has 6 nitrogen and oxygen atoms in total. The summed E-state index contributed by atoms with van der Waals surface area (Å²) < 4.78 is 0. The van der Waals surface area contributed by atoms with Crippen molar-refractivity contribution >= 4 is 17.4 Å². The molecule has 0 fully saturated rings. The topological polar surface area (TPSA) is 91.8 Å². The van der Waals surface area contributed by atoms with Gasteiger partial charge in [-0.15, -0.1) is 0 Å². The zero-order valence-corrected chi connectivity index (χ0v) is 10.9.